The van der Waals surface area contributed by atoms with Crippen molar-refractivity contribution in [1.82, 2.24) is 5.16 Å². The van der Waals surface area contributed by atoms with Crippen LogP contribution in [0.4, 0.5) is 0 Å². The molecule has 0 amide bonds. The average Bonchev–Trinajstić information content (AvgIpc) is 3.04. The maximum atomic E-state index is 12.7. The van der Waals surface area contributed by atoms with E-state index >= 15 is 0 Å². The van der Waals surface area contributed by atoms with Gasteiger partial charge >= 0.3 is 5.97 Å². The molecule has 0 unspecified atom stereocenters. The van der Waals surface area contributed by atoms with Gasteiger partial charge in [-0.2, -0.15) is 0 Å². The van der Waals surface area contributed by atoms with Crippen LogP contribution in [0.3, 0.4) is 0 Å². The van der Waals surface area contributed by atoms with Crippen LogP contribution in [-0.2, 0) is 10.5 Å². The van der Waals surface area contributed by atoms with E-state index in [-0.39, 0.29) is 5.78 Å². The predicted molar refractivity (Wildman–Crippen MR) is 112 cm³/mol. The summed E-state index contributed by atoms with van der Waals surface area (Å²) >= 11 is 1.51. The van der Waals surface area contributed by atoms with Crippen molar-refractivity contribution in [3.05, 3.63) is 82.2 Å². The lowest BCUT2D eigenvalue weighted by Gasteiger charge is -2.14. The van der Waals surface area contributed by atoms with Gasteiger partial charge in [0.2, 0.25) is 5.78 Å². The highest BCUT2D eigenvalue weighted by molar-refractivity contribution is 7.98. The summed E-state index contributed by atoms with van der Waals surface area (Å²) < 4.78 is 10.7. The molecule has 3 aromatic rings. The summed E-state index contributed by atoms with van der Waals surface area (Å²) in [4.78, 5) is 26.1. The Hall–Kier alpha value is -2.86. The molecule has 0 saturated carbocycles. The van der Waals surface area contributed by atoms with Gasteiger partial charge < -0.3 is 9.26 Å². The van der Waals surface area contributed by atoms with Crippen LogP contribution in [0.1, 0.15) is 50.2 Å². The zero-order chi connectivity index (χ0) is 21.0. The van der Waals surface area contributed by atoms with Gasteiger partial charge in [0.05, 0.1) is 11.3 Å². The van der Waals surface area contributed by atoms with Gasteiger partial charge in [0.15, 0.2) is 6.10 Å². The van der Waals surface area contributed by atoms with Gasteiger partial charge in [-0.05, 0) is 39.8 Å². The molecule has 2 aromatic carbocycles. The lowest BCUT2D eigenvalue weighted by Crippen LogP contribution is -2.24. The fourth-order valence-electron chi connectivity index (χ4n) is 2.85. The summed E-state index contributed by atoms with van der Waals surface area (Å²) in [6.45, 7) is 7.31. The highest BCUT2D eigenvalue weighted by atomic mass is 32.2. The van der Waals surface area contributed by atoms with E-state index < -0.39 is 12.1 Å². The molecule has 3 rings (SSSR count). The number of aryl methyl sites for hydroxylation is 3. The summed E-state index contributed by atoms with van der Waals surface area (Å²) in [5.41, 5.74) is 3.88. The predicted octanol–water partition coefficient (Wildman–Crippen LogP) is 5.32. The SMILES string of the molecule is Cc1ccc(C(=O)[C@H](C)OC(=O)c2ccccc2SCc2c(C)noc2C)cc1. The first-order chi connectivity index (χ1) is 13.9. The van der Waals surface area contributed by atoms with Crippen LogP contribution in [0.2, 0.25) is 0 Å². The Morgan fingerprint density at radius 1 is 1.07 bits per heavy atom. The number of ketones is 1. The maximum absolute atomic E-state index is 12.7. The van der Waals surface area contributed by atoms with Crippen molar-refractivity contribution in [3.63, 3.8) is 0 Å². The molecule has 0 spiro atoms. The van der Waals surface area contributed by atoms with E-state index in [0.717, 1.165) is 27.5 Å². The topological polar surface area (TPSA) is 69.4 Å². The van der Waals surface area contributed by atoms with Crippen molar-refractivity contribution in [2.24, 2.45) is 0 Å². The second-order valence-corrected chi connectivity index (χ2v) is 7.88. The van der Waals surface area contributed by atoms with Gasteiger partial charge in [-0.1, -0.05) is 47.1 Å². The average molecular weight is 410 g/mol. The Morgan fingerprint density at radius 3 is 2.41 bits per heavy atom. The number of carbonyl (C=O) groups is 2. The molecule has 0 N–H and O–H groups in total. The summed E-state index contributed by atoms with van der Waals surface area (Å²) in [6.07, 6.45) is -0.870. The van der Waals surface area contributed by atoms with E-state index in [9.17, 15) is 9.59 Å². The maximum Gasteiger partial charge on any atom is 0.339 e. The van der Waals surface area contributed by atoms with Gasteiger partial charge in [0.1, 0.15) is 5.76 Å². The third-order valence-electron chi connectivity index (χ3n) is 4.65. The van der Waals surface area contributed by atoms with Crippen molar-refractivity contribution in [3.8, 4) is 0 Å². The van der Waals surface area contributed by atoms with Gasteiger partial charge in [0.25, 0.3) is 0 Å². The van der Waals surface area contributed by atoms with Gasteiger partial charge in [-0.15, -0.1) is 11.8 Å². The minimum Gasteiger partial charge on any atom is -0.451 e. The third-order valence-corrected chi connectivity index (χ3v) is 5.75. The molecule has 0 saturated heterocycles. The number of Topliss-reactive ketones (excluding diaryl/α,β-unsaturated/α-hetero) is 1. The van der Waals surface area contributed by atoms with Crippen LogP contribution < -0.4 is 0 Å². The Labute approximate surface area is 174 Å². The highest BCUT2D eigenvalue weighted by Gasteiger charge is 2.22. The second-order valence-electron chi connectivity index (χ2n) is 6.87. The number of aromatic nitrogens is 1. The van der Waals surface area contributed by atoms with Crippen LogP contribution in [0.25, 0.3) is 0 Å². The molecule has 0 aliphatic rings. The minimum absolute atomic E-state index is 0.223. The van der Waals surface area contributed by atoms with Crippen molar-refractivity contribution >= 4 is 23.5 Å². The molecule has 1 heterocycles. The largest absolute Gasteiger partial charge is 0.451 e. The van der Waals surface area contributed by atoms with Crippen molar-refractivity contribution in [2.45, 2.75) is 44.4 Å². The van der Waals surface area contributed by atoms with E-state index in [0.29, 0.717) is 16.9 Å². The monoisotopic (exact) mass is 409 g/mol. The zero-order valence-electron chi connectivity index (χ0n) is 16.9. The Balaban J connectivity index is 1.70. The number of benzene rings is 2. The molecule has 150 valence electrons. The number of nitrogens with zero attached hydrogens (tertiary/aromatic N) is 1. The quantitative estimate of drug-likeness (QED) is 0.299. The van der Waals surface area contributed by atoms with Crippen LogP contribution >= 0.6 is 11.8 Å². The molecule has 0 aliphatic carbocycles. The van der Waals surface area contributed by atoms with Crippen LogP contribution in [0.15, 0.2) is 57.9 Å². The number of ether oxygens (including phenoxy) is 1. The normalized spacial score (nSPS) is 11.9. The number of thioether (sulfide) groups is 1. The molecule has 6 heteroatoms. The minimum atomic E-state index is -0.870. The van der Waals surface area contributed by atoms with E-state index in [4.69, 9.17) is 9.26 Å². The first-order valence-electron chi connectivity index (χ1n) is 9.32. The van der Waals surface area contributed by atoms with E-state index in [1.165, 1.54) is 11.8 Å². The standard InChI is InChI=1S/C23H23NO4S/c1-14-9-11-18(12-10-14)22(25)17(4)27-23(26)19-7-5-6-8-21(19)29-13-20-15(2)24-28-16(20)3/h5-12,17H,13H2,1-4H3/t17-/m0/s1. The van der Waals surface area contributed by atoms with Crippen LogP contribution in [-0.4, -0.2) is 23.0 Å². The fraction of sp³-hybridized carbons (Fsp3) is 0.261. The number of carbonyl (C=O) groups excluding carboxylic acids is 2. The number of rotatable bonds is 7. The lowest BCUT2D eigenvalue weighted by molar-refractivity contribution is 0.0315. The summed E-state index contributed by atoms with van der Waals surface area (Å²) in [6, 6.07) is 14.4. The molecule has 29 heavy (non-hydrogen) atoms. The number of hydrogen-bond acceptors (Lipinski definition) is 6. The smallest absolute Gasteiger partial charge is 0.339 e. The van der Waals surface area contributed by atoms with Crippen LogP contribution in [0, 0.1) is 20.8 Å². The summed E-state index contributed by atoms with van der Waals surface area (Å²) in [7, 11) is 0. The molecule has 5 nitrogen and oxygen atoms in total. The van der Waals surface area contributed by atoms with Crippen molar-refractivity contribution < 1.29 is 18.8 Å². The summed E-state index contributed by atoms with van der Waals surface area (Å²) in [5, 5.41) is 3.96. The highest BCUT2D eigenvalue weighted by Crippen LogP contribution is 2.29. The number of hydrogen-bond donors (Lipinski definition) is 0. The van der Waals surface area contributed by atoms with E-state index in [1.54, 1.807) is 31.2 Å². The Kier molecular flexibility index (Phi) is 6.54. The van der Waals surface area contributed by atoms with Gasteiger partial charge in [-0.3, -0.25) is 4.79 Å². The van der Waals surface area contributed by atoms with Gasteiger partial charge in [-0.25, -0.2) is 4.79 Å². The second kappa shape index (κ2) is 9.09. The van der Waals surface area contributed by atoms with Crippen molar-refractivity contribution in [2.75, 3.05) is 0 Å². The molecular weight excluding hydrogens is 386 g/mol. The van der Waals surface area contributed by atoms with E-state index in [1.807, 2.05) is 45.0 Å². The fourth-order valence-corrected chi connectivity index (χ4v) is 4.04. The Morgan fingerprint density at radius 2 is 1.76 bits per heavy atom. The van der Waals surface area contributed by atoms with E-state index in [2.05, 4.69) is 5.16 Å². The summed E-state index contributed by atoms with van der Waals surface area (Å²) in [5.74, 6) is 0.662. The van der Waals surface area contributed by atoms with Gasteiger partial charge in [0, 0.05) is 21.8 Å². The number of esters is 1. The molecule has 1 aromatic heterocycles. The molecule has 0 fully saturated rings. The van der Waals surface area contributed by atoms with Crippen molar-refractivity contribution in [1.29, 1.82) is 0 Å². The molecule has 0 bridgehead atoms. The molecule has 1 atom stereocenters. The molecule has 0 aliphatic heterocycles. The first kappa shape index (κ1) is 20.9. The molecular formula is C23H23NO4S. The third kappa shape index (κ3) is 4.95. The lowest BCUT2D eigenvalue weighted by atomic mass is 10.1. The molecule has 0 radical (unpaired) electrons. The first-order valence-corrected chi connectivity index (χ1v) is 10.3. The Bertz CT molecular complexity index is 1000. The van der Waals surface area contributed by atoms with Crippen LogP contribution in [0.5, 0.6) is 0 Å². The zero-order valence-corrected chi connectivity index (χ0v) is 17.7.